The Morgan fingerprint density at radius 1 is 1.22 bits per heavy atom. The third kappa shape index (κ3) is 5.08. The Labute approximate surface area is 140 Å². The number of aliphatic hydroxyl groups excluding tert-OH is 1. The number of hydrogen-bond acceptors (Lipinski definition) is 4. The molecule has 2 unspecified atom stereocenters. The number of carbonyl (C=O) groups excluding carboxylic acids is 1. The van der Waals surface area contributed by atoms with E-state index in [2.05, 4.69) is 26.1 Å². The lowest BCUT2D eigenvalue weighted by Crippen LogP contribution is -2.66. The minimum Gasteiger partial charge on any atom is -0.444 e. The van der Waals surface area contributed by atoms with Crippen LogP contribution >= 0.6 is 0 Å². The second-order valence-corrected chi connectivity index (χ2v) is 9.48. The Morgan fingerprint density at radius 2 is 1.78 bits per heavy atom. The topological polar surface area (TPSA) is 61.8 Å². The van der Waals surface area contributed by atoms with Crippen molar-refractivity contribution in [3.63, 3.8) is 0 Å². The molecule has 2 saturated heterocycles. The van der Waals surface area contributed by atoms with E-state index in [9.17, 15) is 9.90 Å². The van der Waals surface area contributed by atoms with Crippen LogP contribution in [-0.4, -0.2) is 53.5 Å². The lowest BCUT2D eigenvalue weighted by Gasteiger charge is -2.54. The van der Waals surface area contributed by atoms with Crippen LogP contribution in [0.3, 0.4) is 0 Å². The summed E-state index contributed by atoms with van der Waals surface area (Å²) in [5.74, 6) is 0.963. The molecule has 1 saturated carbocycles. The van der Waals surface area contributed by atoms with Gasteiger partial charge in [0.2, 0.25) is 0 Å². The Balaban J connectivity index is 1.85. The number of nitrogens with one attached hydrogen (secondary N) is 1. The monoisotopic (exact) mass is 326 g/mol. The molecule has 134 valence electrons. The number of nitrogens with zero attached hydrogens (tertiary/aromatic N) is 1. The maximum Gasteiger partial charge on any atom is 0.410 e. The first kappa shape index (κ1) is 18.5. The van der Waals surface area contributed by atoms with E-state index < -0.39 is 5.60 Å². The van der Waals surface area contributed by atoms with Crippen molar-refractivity contribution in [2.75, 3.05) is 19.7 Å². The molecule has 2 N–H and O–H groups in total. The number of piperidine rings is 2. The molecule has 2 heterocycles. The summed E-state index contributed by atoms with van der Waals surface area (Å²) >= 11 is 0. The van der Waals surface area contributed by atoms with Crippen molar-refractivity contribution in [3.05, 3.63) is 0 Å². The molecular formula is C18H34N2O3. The largest absolute Gasteiger partial charge is 0.444 e. The maximum absolute atomic E-state index is 12.2. The van der Waals surface area contributed by atoms with Gasteiger partial charge in [-0.2, -0.15) is 0 Å². The van der Waals surface area contributed by atoms with Gasteiger partial charge < -0.3 is 20.1 Å². The van der Waals surface area contributed by atoms with Crippen molar-refractivity contribution in [3.8, 4) is 0 Å². The number of aliphatic hydroxyl groups is 1. The highest BCUT2D eigenvalue weighted by molar-refractivity contribution is 5.68. The first-order valence-corrected chi connectivity index (χ1v) is 8.83. The number of rotatable bonds is 4. The first-order valence-electron chi connectivity index (χ1n) is 8.83. The molecule has 2 aliphatic heterocycles. The Bertz CT molecular complexity index is 413. The molecule has 0 aromatic carbocycles. The molecule has 1 aliphatic carbocycles. The van der Waals surface area contributed by atoms with Gasteiger partial charge in [-0.15, -0.1) is 0 Å². The van der Waals surface area contributed by atoms with Crippen molar-refractivity contribution in [1.82, 2.24) is 10.2 Å². The van der Waals surface area contributed by atoms with Gasteiger partial charge in [-0.25, -0.2) is 4.79 Å². The zero-order valence-electron chi connectivity index (χ0n) is 15.6. The van der Waals surface area contributed by atoms with Crippen LogP contribution in [0.1, 0.15) is 54.4 Å². The van der Waals surface area contributed by atoms with E-state index in [1.165, 1.54) is 6.42 Å². The fourth-order valence-corrected chi connectivity index (χ4v) is 3.82. The highest BCUT2D eigenvalue weighted by Crippen LogP contribution is 2.41. The zero-order chi connectivity index (χ0) is 17.4. The minimum atomic E-state index is -0.439. The quantitative estimate of drug-likeness (QED) is 0.834. The van der Waals surface area contributed by atoms with E-state index in [0.717, 1.165) is 19.5 Å². The van der Waals surface area contributed by atoms with Gasteiger partial charge in [-0.05, 0) is 50.9 Å². The first-order chi connectivity index (χ1) is 10.5. The molecule has 0 radical (unpaired) electrons. The second-order valence-electron chi connectivity index (χ2n) is 9.48. The van der Waals surface area contributed by atoms with Crippen LogP contribution in [-0.2, 0) is 4.74 Å². The molecule has 5 heteroatoms. The van der Waals surface area contributed by atoms with Gasteiger partial charge >= 0.3 is 6.09 Å². The van der Waals surface area contributed by atoms with Crippen LogP contribution < -0.4 is 5.32 Å². The summed E-state index contributed by atoms with van der Waals surface area (Å²) in [6, 6.07) is 0.562. The average Bonchev–Trinajstić information content (AvgIpc) is 2.40. The van der Waals surface area contributed by atoms with Gasteiger partial charge in [0, 0.05) is 25.2 Å². The number of ether oxygens (including phenoxy) is 1. The SMILES string of the molecule is CC(C)(C)C[C@H](CO)NC1C2CC1CN(C(=O)OC(C)(C)C)C2. The standard InChI is InChI=1S/C18H34N2O3/c1-17(2,3)8-14(11-21)19-15-12-7-13(15)10-20(9-12)16(22)23-18(4,5)6/h12-15,19,21H,7-11H2,1-6H3/t12?,13?,14-,15?/m1/s1. The van der Waals surface area contributed by atoms with Gasteiger partial charge in [0.25, 0.3) is 0 Å². The maximum atomic E-state index is 12.2. The molecule has 3 fully saturated rings. The van der Waals surface area contributed by atoms with Gasteiger partial charge in [-0.3, -0.25) is 0 Å². The Morgan fingerprint density at radius 3 is 2.22 bits per heavy atom. The van der Waals surface area contributed by atoms with E-state index in [1.54, 1.807) is 0 Å². The van der Waals surface area contributed by atoms with Crippen molar-refractivity contribution >= 4 is 6.09 Å². The van der Waals surface area contributed by atoms with E-state index in [4.69, 9.17) is 4.74 Å². The van der Waals surface area contributed by atoms with Crippen molar-refractivity contribution < 1.29 is 14.6 Å². The van der Waals surface area contributed by atoms with Crippen LogP contribution in [0.15, 0.2) is 0 Å². The van der Waals surface area contributed by atoms with Gasteiger partial charge in [0.1, 0.15) is 5.60 Å². The summed E-state index contributed by atoms with van der Waals surface area (Å²) < 4.78 is 5.48. The van der Waals surface area contributed by atoms with Gasteiger partial charge in [0.05, 0.1) is 6.61 Å². The Hall–Kier alpha value is -0.810. The third-order valence-corrected chi connectivity index (χ3v) is 4.69. The number of fused-ring (bicyclic) bond motifs is 2. The van der Waals surface area contributed by atoms with Crippen LogP contribution in [0.25, 0.3) is 0 Å². The molecule has 23 heavy (non-hydrogen) atoms. The van der Waals surface area contributed by atoms with Crippen LogP contribution in [0, 0.1) is 17.3 Å². The summed E-state index contributed by atoms with van der Waals surface area (Å²) in [6.07, 6.45) is 1.93. The smallest absolute Gasteiger partial charge is 0.410 e. The van der Waals surface area contributed by atoms with E-state index in [1.807, 2.05) is 25.7 Å². The summed E-state index contributed by atoms with van der Waals surface area (Å²) in [5.41, 5.74) is -0.243. The predicted octanol–water partition coefficient (Wildman–Crippen LogP) is 2.63. The Kier molecular flexibility index (Phi) is 5.31. The summed E-state index contributed by atoms with van der Waals surface area (Å²) in [7, 11) is 0. The molecule has 0 spiro atoms. The molecule has 0 aromatic heterocycles. The van der Waals surface area contributed by atoms with Crippen LogP contribution in [0.2, 0.25) is 0 Å². The van der Waals surface area contributed by atoms with Crippen LogP contribution in [0.5, 0.6) is 0 Å². The fourth-order valence-electron chi connectivity index (χ4n) is 3.82. The summed E-state index contributed by atoms with van der Waals surface area (Å²) in [4.78, 5) is 14.0. The van der Waals surface area contributed by atoms with Crippen molar-refractivity contribution in [2.24, 2.45) is 17.3 Å². The van der Waals surface area contributed by atoms with Gasteiger partial charge in [0.15, 0.2) is 0 Å². The van der Waals surface area contributed by atoms with Gasteiger partial charge in [-0.1, -0.05) is 20.8 Å². The summed E-state index contributed by atoms with van der Waals surface area (Å²) in [6.45, 7) is 14.0. The normalized spacial score (nSPS) is 29.0. The second kappa shape index (κ2) is 6.60. The molecule has 0 aromatic rings. The molecule has 3 aliphatic rings. The third-order valence-electron chi connectivity index (χ3n) is 4.69. The zero-order valence-corrected chi connectivity index (χ0v) is 15.6. The van der Waals surface area contributed by atoms with Crippen molar-refractivity contribution in [1.29, 1.82) is 0 Å². The average molecular weight is 326 g/mol. The fraction of sp³-hybridized carbons (Fsp3) is 0.944. The minimum absolute atomic E-state index is 0.137. The number of hydrogen-bond donors (Lipinski definition) is 2. The van der Waals surface area contributed by atoms with Crippen LogP contribution in [0.4, 0.5) is 4.79 Å². The highest BCUT2D eigenvalue weighted by atomic mass is 16.6. The van der Waals surface area contributed by atoms with E-state index in [-0.39, 0.29) is 24.2 Å². The molecule has 2 bridgehead atoms. The lowest BCUT2D eigenvalue weighted by atomic mass is 9.66. The molecule has 5 nitrogen and oxygen atoms in total. The molecule has 3 rings (SSSR count). The predicted molar refractivity (Wildman–Crippen MR) is 91.3 cm³/mol. The molecule has 1 amide bonds. The van der Waals surface area contributed by atoms with E-state index in [0.29, 0.717) is 17.9 Å². The highest BCUT2D eigenvalue weighted by Gasteiger charge is 2.49. The summed E-state index contributed by atoms with van der Waals surface area (Å²) in [5, 5.41) is 13.3. The van der Waals surface area contributed by atoms with E-state index >= 15 is 0 Å². The number of amides is 1. The molecule has 3 atom stereocenters. The van der Waals surface area contributed by atoms with Crippen molar-refractivity contribution in [2.45, 2.75) is 72.1 Å². The number of carbonyl (C=O) groups is 1. The lowest BCUT2D eigenvalue weighted by molar-refractivity contribution is -0.0412. The molecular weight excluding hydrogens is 292 g/mol.